The molecular formula is C21H28N2O. The van der Waals surface area contributed by atoms with Crippen molar-refractivity contribution in [2.45, 2.75) is 19.8 Å². The van der Waals surface area contributed by atoms with E-state index >= 15 is 0 Å². The Morgan fingerprint density at radius 2 is 1.71 bits per heavy atom. The number of ether oxygens (including phenoxy) is 1. The van der Waals surface area contributed by atoms with Crippen molar-refractivity contribution in [3.05, 3.63) is 59.7 Å². The third-order valence-corrected chi connectivity index (χ3v) is 4.83. The van der Waals surface area contributed by atoms with Crippen molar-refractivity contribution in [2.24, 2.45) is 0 Å². The molecule has 0 unspecified atom stereocenters. The van der Waals surface area contributed by atoms with E-state index in [1.54, 1.807) is 7.11 Å². The van der Waals surface area contributed by atoms with Crippen LogP contribution in [0.2, 0.25) is 0 Å². The zero-order valence-electron chi connectivity index (χ0n) is 14.9. The van der Waals surface area contributed by atoms with E-state index in [0.29, 0.717) is 0 Å². The van der Waals surface area contributed by atoms with Crippen LogP contribution >= 0.6 is 0 Å². The molecule has 1 aliphatic heterocycles. The Balaban J connectivity index is 1.41. The second-order valence-corrected chi connectivity index (χ2v) is 6.62. The highest BCUT2D eigenvalue weighted by molar-refractivity contribution is 5.49. The normalized spacial score (nSPS) is 15.5. The Kier molecular flexibility index (Phi) is 5.76. The summed E-state index contributed by atoms with van der Waals surface area (Å²) in [5, 5.41) is 0. The molecule has 0 atom stereocenters. The Bertz CT molecular complexity index is 631. The number of nitrogens with zero attached hydrogens (tertiary/aromatic N) is 2. The number of rotatable bonds is 6. The van der Waals surface area contributed by atoms with Gasteiger partial charge in [0.2, 0.25) is 0 Å². The lowest BCUT2D eigenvalue weighted by atomic mass is 10.1. The average molecular weight is 324 g/mol. The monoisotopic (exact) mass is 324 g/mol. The van der Waals surface area contributed by atoms with Gasteiger partial charge in [-0.05, 0) is 56.1 Å². The van der Waals surface area contributed by atoms with Gasteiger partial charge in [-0.3, -0.25) is 4.90 Å². The van der Waals surface area contributed by atoms with E-state index in [-0.39, 0.29) is 0 Å². The molecule has 0 bridgehead atoms. The lowest BCUT2D eigenvalue weighted by Crippen LogP contribution is -2.46. The quantitative estimate of drug-likeness (QED) is 0.805. The minimum Gasteiger partial charge on any atom is -0.497 e. The Morgan fingerprint density at radius 1 is 0.958 bits per heavy atom. The summed E-state index contributed by atoms with van der Waals surface area (Å²) in [6.45, 7) is 7.89. The van der Waals surface area contributed by atoms with Gasteiger partial charge in [0.05, 0.1) is 7.11 Å². The van der Waals surface area contributed by atoms with E-state index in [2.05, 4.69) is 53.1 Å². The maximum absolute atomic E-state index is 5.23. The van der Waals surface area contributed by atoms with Crippen LogP contribution in [0.15, 0.2) is 48.5 Å². The molecule has 0 radical (unpaired) electrons. The van der Waals surface area contributed by atoms with Crippen molar-refractivity contribution < 1.29 is 4.74 Å². The second kappa shape index (κ2) is 8.20. The fraction of sp³-hybridized carbons (Fsp3) is 0.429. The zero-order chi connectivity index (χ0) is 16.8. The number of aryl methyl sites for hydroxylation is 2. The average Bonchev–Trinajstić information content (AvgIpc) is 2.63. The third-order valence-electron chi connectivity index (χ3n) is 4.83. The summed E-state index contributed by atoms with van der Waals surface area (Å²) in [4.78, 5) is 5.06. The molecule has 1 aliphatic rings. The summed E-state index contributed by atoms with van der Waals surface area (Å²) < 4.78 is 5.23. The van der Waals surface area contributed by atoms with Gasteiger partial charge in [-0.15, -0.1) is 0 Å². The third kappa shape index (κ3) is 4.51. The van der Waals surface area contributed by atoms with E-state index in [1.165, 1.54) is 36.2 Å². The SMILES string of the molecule is COc1ccc(N2CCN(CCCc3cccc(C)c3)CC2)cc1. The first kappa shape index (κ1) is 16.8. The highest BCUT2D eigenvalue weighted by Crippen LogP contribution is 2.20. The predicted octanol–water partition coefficient (Wildman–Crippen LogP) is 3.76. The minimum atomic E-state index is 0.925. The van der Waals surface area contributed by atoms with E-state index in [9.17, 15) is 0 Å². The first-order chi connectivity index (χ1) is 11.7. The van der Waals surface area contributed by atoms with Gasteiger partial charge >= 0.3 is 0 Å². The standard InChI is InChI=1S/C21H28N2O/c1-18-5-3-6-19(17-18)7-4-12-22-13-15-23(16-14-22)20-8-10-21(24-2)11-9-20/h3,5-6,8-11,17H,4,7,12-16H2,1-2H3. The van der Waals surface area contributed by atoms with Crippen LogP contribution < -0.4 is 9.64 Å². The molecule has 2 aromatic carbocycles. The highest BCUT2D eigenvalue weighted by atomic mass is 16.5. The predicted molar refractivity (Wildman–Crippen MR) is 101 cm³/mol. The molecular weight excluding hydrogens is 296 g/mol. The topological polar surface area (TPSA) is 15.7 Å². The Hall–Kier alpha value is -2.00. The molecule has 0 aliphatic carbocycles. The second-order valence-electron chi connectivity index (χ2n) is 6.62. The van der Waals surface area contributed by atoms with E-state index in [1.807, 2.05) is 12.1 Å². The molecule has 3 rings (SSSR count). The molecule has 0 saturated carbocycles. The number of hydrogen-bond acceptors (Lipinski definition) is 3. The highest BCUT2D eigenvalue weighted by Gasteiger charge is 2.16. The van der Waals surface area contributed by atoms with Gasteiger partial charge in [-0.2, -0.15) is 0 Å². The van der Waals surface area contributed by atoms with Gasteiger partial charge in [0.15, 0.2) is 0 Å². The van der Waals surface area contributed by atoms with Gasteiger partial charge in [0.25, 0.3) is 0 Å². The van der Waals surface area contributed by atoms with Gasteiger partial charge in [0, 0.05) is 31.9 Å². The first-order valence-electron chi connectivity index (χ1n) is 8.91. The summed E-state index contributed by atoms with van der Waals surface area (Å²) in [5.74, 6) is 0.925. The molecule has 1 fully saturated rings. The smallest absolute Gasteiger partial charge is 0.119 e. The summed E-state index contributed by atoms with van der Waals surface area (Å²) in [5.41, 5.74) is 4.13. The number of methoxy groups -OCH3 is 1. The summed E-state index contributed by atoms with van der Waals surface area (Å²) in [7, 11) is 1.71. The van der Waals surface area contributed by atoms with Crippen LogP contribution in [0.3, 0.4) is 0 Å². The largest absolute Gasteiger partial charge is 0.497 e. The van der Waals surface area contributed by atoms with Crippen LogP contribution in [-0.2, 0) is 6.42 Å². The van der Waals surface area contributed by atoms with E-state index in [4.69, 9.17) is 4.74 Å². The molecule has 128 valence electrons. The molecule has 1 saturated heterocycles. The maximum Gasteiger partial charge on any atom is 0.119 e. The van der Waals surface area contributed by atoms with Crippen LogP contribution in [0.4, 0.5) is 5.69 Å². The summed E-state index contributed by atoms with van der Waals surface area (Å²) >= 11 is 0. The van der Waals surface area contributed by atoms with Gasteiger partial charge in [-0.25, -0.2) is 0 Å². The van der Waals surface area contributed by atoms with Crippen molar-refractivity contribution in [3.63, 3.8) is 0 Å². The fourth-order valence-corrected chi connectivity index (χ4v) is 3.40. The molecule has 3 heteroatoms. The van der Waals surface area contributed by atoms with Crippen molar-refractivity contribution in [1.29, 1.82) is 0 Å². The van der Waals surface area contributed by atoms with Gasteiger partial charge < -0.3 is 9.64 Å². The van der Waals surface area contributed by atoms with E-state index in [0.717, 1.165) is 31.9 Å². The lowest BCUT2D eigenvalue weighted by Gasteiger charge is -2.36. The van der Waals surface area contributed by atoms with Gasteiger partial charge in [-0.1, -0.05) is 29.8 Å². The molecule has 3 nitrogen and oxygen atoms in total. The molecule has 0 N–H and O–H groups in total. The van der Waals surface area contributed by atoms with Crippen molar-refractivity contribution >= 4 is 5.69 Å². The molecule has 24 heavy (non-hydrogen) atoms. The van der Waals surface area contributed by atoms with Crippen LogP contribution in [-0.4, -0.2) is 44.7 Å². The summed E-state index contributed by atoms with van der Waals surface area (Å²) in [6, 6.07) is 17.3. The maximum atomic E-state index is 5.23. The summed E-state index contributed by atoms with van der Waals surface area (Å²) in [6.07, 6.45) is 2.42. The molecule has 0 spiro atoms. The van der Waals surface area contributed by atoms with Crippen molar-refractivity contribution in [3.8, 4) is 5.75 Å². The van der Waals surface area contributed by atoms with Crippen molar-refractivity contribution in [1.82, 2.24) is 4.90 Å². The number of hydrogen-bond donors (Lipinski definition) is 0. The first-order valence-corrected chi connectivity index (χ1v) is 8.91. The fourth-order valence-electron chi connectivity index (χ4n) is 3.40. The number of anilines is 1. The lowest BCUT2D eigenvalue weighted by molar-refractivity contribution is 0.255. The van der Waals surface area contributed by atoms with Crippen molar-refractivity contribution in [2.75, 3.05) is 44.7 Å². The Morgan fingerprint density at radius 3 is 2.38 bits per heavy atom. The molecule has 1 heterocycles. The minimum absolute atomic E-state index is 0.925. The zero-order valence-corrected chi connectivity index (χ0v) is 14.9. The van der Waals surface area contributed by atoms with Crippen LogP contribution in [0.25, 0.3) is 0 Å². The van der Waals surface area contributed by atoms with Gasteiger partial charge in [0.1, 0.15) is 5.75 Å². The number of piperazine rings is 1. The molecule has 0 aromatic heterocycles. The molecule has 0 amide bonds. The van der Waals surface area contributed by atoms with E-state index < -0.39 is 0 Å². The molecule has 2 aromatic rings. The van der Waals surface area contributed by atoms with Crippen LogP contribution in [0, 0.1) is 6.92 Å². The van der Waals surface area contributed by atoms with Crippen LogP contribution in [0.5, 0.6) is 5.75 Å². The number of benzene rings is 2. The van der Waals surface area contributed by atoms with Crippen LogP contribution in [0.1, 0.15) is 17.5 Å². The Labute approximate surface area is 145 Å².